The third-order valence-electron chi connectivity index (χ3n) is 3.71. The van der Waals surface area contributed by atoms with Crippen LogP contribution in [0.5, 0.6) is 0 Å². The van der Waals surface area contributed by atoms with Crippen LogP contribution in [-0.2, 0) is 17.8 Å². The molecule has 0 radical (unpaired) electrons. The van der Waals surface area contributed by atoms with Gasteiger partial charge in [0.2, 0.25) is 5.91 Å². The van der Waals surface area contributed by atoms with Gasteiger partial charge in [-0.2, -0.15) is 0 Å². The zero-order chi connectivity index (χ0) is 16.8. The molecule has 1 aromatic carbocycles. The zero-order valence-electron chi connectivity index (χ0n) is 13.1. The van der Waals surface area contributed by atoms with Crippen molar-refractivity contribution in [1.82, 2.24) is 5.32 Å². The number of aliphatic hydroxyl groups excluding tert-OH is 1. The number of carbonyl (C=O) groups excluding carboxylic acids is 1. The quantitative estimate of drug-likeness (QED) is 0.689. The average molecular weight is 341 g/mol. The molecule has 0 bridgehead atoms. The maximum Gasteiger partial charge on any atom is 0.220 e. The standard InChI is InChI=1S/C19H19NO3S/c21-18(11-8-14-5-2-1-3-6-14)20-13-15-9-10-17(24-15)19(22)16-7-4-12-23-16/h1-7,9-10,12,19,22H,8,11,13H2,(H,20,21). The lowest BCUT2D eigenvalue weighted by Gasteiger charge is -2.05. The topological polar surface area (TPSA) is 62.5 Å². The minimum Gasteiger partial charge on any atom is -0.466 e. The van der Waals surface area contributed by atoms with Crippen molar-refractivity contribution < 1.29 is 14.3 Å². The van der Waals surface area contributed by atoms with Crippen LogP contribution in [0.2, 0.25) is 0 Å². The summed E-state index contributed by atoms with van der Waals surface area (Å²) in [4.78, 5) is 13.8. The molecule has 2 aromatic heterocycles. The third kappa shape index (κ3) is 4.34. The molecule has 0 aliphatic heterocycles. The van der Waals surface area contributed by atoms with E-state index in [1.54, 1.807) is 18.4 Å². The smallest absolute Gasteiger partial charge is 0.220 e. The van der Waals surface area contributed by atoms with E-state index in [9.17, 15) is 9.90 Å². The molecule has 124 valence electrons. The van der Waals surface area contributed by atoms with E-state index in [1.165, 1.54) is 11.3 Å². The summed E-state index contributed by atoms with van der Waals surface area (Å²) < 4.78 is 5.22. The van der Waals surface area contributed by atoms with Gasteiger partial charge in [-0.25, -0.2) is 0 Å². The molecule has 24 heavy (non-hydrogen) atoms. The molecule has 2 heterocycles. The maximum absolute atomic E-state index is 11.9. The number of hydrogen-bond donors (Lipinski definition) is 2. The predicted molar refractivity (Wildman–Crippen MR) is 93.7 cm³/mol. The molecule has 0 saturated heterocycles. The second-order valence-corrected chi connectivity index (χ2v) is 6.68. The van der Waals surface area contributed by atoms with Gasteiger partial charge < -0.3 is 14.8 Å². The number of hydrogen-bond acceptors (Lipinski definition) is 4. The first-order valence-electron chi connectivity index (χ1n) is 7.83. The molecule has 2 N–H and O–H groups in total. The molecule has 4 nitrogen and oxygen atoms in total. The molecule has 3 rings (SSSR count). The number of thiophene rings is 1. The average Bonchev–Trinajstić information content (AvgIpc) is 3.30. The Labute approximate surface area is 144 Å². The highest BCUT2D eigenvalue weighted by molar-refractivity contribution is 7.12. The lowest BCUT2D eigenvalue weighted by molar-refractivity contribution is -0.121. The molecule has 0 saturated carbocycles. The summed E-state index contributed by atoms with van der Waals surface area (Å²) in [5.41, 5.74) is 1.16. The SMILES string of the molecule is O=C(CCc1ccccc1)NCc1ccc(C(O)c2ccco2)s1. The molecule has 5 heteroatoms. The van der Waals surface area contributed by atoms with E-state index in [4.69, 9.17) is 4.42 Å². The summed E-state index contributed by atoms with van der Waals surface area (Å²) in [6.07, 6.45) is 1.99. The van der Waals surface area contributed by atoms with E-state index in [1.807, 2.05) is 42.5 Å². The number of rotatable bonds is 7. The van der Waals surface area contributed by atoms with Gasteiger partial charge in [0.05, 0.1) is 12.8 Å². The number of aliphatic hydroxyl groups is 1. The van der Waals surface area contributed by atoms with Crippen molar-refractivity contribution in [2.45, 2.75) is 25.5 Å². The Kier molecular flexibility index (Phi) is 5.46. The fraction of sp³-hybridized carbons (Fsp3) is 0.211. The van der Waals surface area contributed by atoms with E-state index in [2.05, 4.69) is 5.32 Å². The first kappa shape index (κ1) is 16.5. The highest BCUT2D eigenvalue weighted by Crippen LogP contribution is 2.28. The third-order valence-corrected chi connectivity index (χ3v) is 4.85. The van der Waals surface area contributed by atoms with Crippen molar-refractivity contribution in [2.24, 2.45) is 0 Å². The van der Waals surface area contributed by atoms with Gasteiger partial charge in [0.1, 0.15) is 11.9 Å². The fourth-order valence-electron chi connectivity index (χ4n) is 2.40. The van der Waals surface area contributed by atoms with Crippen LogP contribution >= 0.6 is 11.3 Å². The van der Waals surface area contributed by atoms with E-state index < -0.39 is 6.10 Å². The van der Waals surface area contributed by atoms with Gasteiger partial charge in [-0.1, -0.05) is 30.3 Å². The van der Waals surface area contributed by atoms with Crippen molar-refractivity contribution >= 4 is 17.2 Å². The molecule has 0 spiro atoms. The van der Waals surface area contributed by atoms with Crippen molar-refractivity contribution in [1.29, 1.82) is 0 Å². The molecule has 1 unspecified atom stereocenters. The number of aryl methyl sites for hydroxylation is 1. The van der Waals surface area contributed by atoms with E-state index in [0.717, 1.165) is 21.7 Å². The summed E-state index contributed by atoms with van der Waals surface area (Å²) in [6, 6.07) is 17.2. The van der Waals surface area contributed by atoms with Gasteiger partial charge in [0.25, 0.3) is 0 Å². The molecular formula is C19H19NO3S. The minimum atomic E-state index is -0.757. The van der Waals surface area contributed by atoms with Crippen LogP contribution in [0.15, 0.2) is 65.3 Å². The summed E-state index contributed by atoms with van der Waals surface area (Å²) in [5, 5.41) is 13.1. The first-order chi connectivity index (χ1) is 11.7. The Bertz CT molecular complexity index is 765. The van der Waals surface area contributed by atoms with Crippen molar-refractivity contribution in [3.63, 3.8) is 0 Å². The lowest BCUT2D eigenvalue weighted by Crippen LogP contribution is -2.22. The molecule has 0 aliphatic carbocycles. The van der Waals surface area contributed by atoms with Crippen LogP contribution in [0.4, 0.5) is 0 Å². The van der Waals surface area contributed by atoms with Gasteiger partial charge in [0, 0.05) is 16.2 Å². The van der Waals surface area contributed by atoms with Gasteiger partial charge in [-0.3, -0.25) is 4.79 Å². The van der Waals surface area contributed by atoms with E-state index in [-0.39, 0.29) is 5.91 Å². The minimum absolute atomic E-state index is 0.0281. The Hall–Kier alpha value is -2.37. The number of benzene rings is 1. The number of amides is 1. The number of nitrogens with one attached hydrogen (secondary N) is 1. The van der Waals surface area contributed by atoms with Crippen molar-refractivity contribution in [2.75, 3.05) is 0 Å². The molecule has 1 atom stereocenters. The molecule has 1 amide bonds. The van der Waals surface area contributed by atoms with Gasteiger partial charge in [-0.05, 0) is 36.2 Å². The van der Waals surface area contributed by atoms with Crippen LogP contribution in [0.1, 0.15) is 33.6 Å². The van der Waals surface area contributed by atoms with Crippen LogP contribution in [0, 0.1) is 0 Å². The zero-order valence-corrected chi connectivity index (χ0v) is 14.0. The summed E-state index contributed by atoms with van der Waals surface area (Å²) in [5.74, 6) is 0.552. The normalized spacial score (nSPS) is 12.0. The molecular weight excluding hydrogens is 322 g/mol. The van der Waals surface area contributed by atoms with Crippen molar-refractivity contribution in [3.8, 4) is 0 Å². The Morgan fingerprint density at radius 2 is 1.96 bits per heavy atom. The van der Waals surface area contributed by atoms with Gasteiger partial charge >= 0.3 is 0 Å². The summed E-state index contributed by atoms with van der Waals surface area (Å²) in [6.45, 7) is 0.475. The number of furan rings is 1. The highest BCUT2D eigenvalue weighted by atomic mass is 32.1. The van der Waals surface area contributed by atoms with E-state index >= 15 is 0 Å². The van der Waals surface area contributed by atoms with Crippen LogP contribution in [0.25, 0.3) is 0 Å². The lowest BCUT2D eigenvalue weighted by atomic mass is 10.1. The molecule has 0 fully saturated rings. The van der Waals surface area contributed by atoms with Crippen molar-refractivity contribution in [3.05, 3.63) is 81.9 Å². The summed E-state index contributed by atoms with van der Waals surface area (Å²) in [7, 11) is 0. The van der Waals surface area contributed by atoms with Crippen LogP contribution in [-0.4, -0.2) is 11.0 Å². The summed E-state index contributed by atoms with van der Waals surface area (Å²) >= 11 is 1.47. The largest absolute Gasteiger partial charge is 0.466 e. The van der Waals surface area contributed by atoms with E-state index in [0.29, 0.717) is 18.7 Å². The second-order valence-electron chi connectivity index (χ2n) is 5.48. The Balaban J connectivity index is 1.47. The number of carbonyl (C=O) groups is 1. The Morgan fingerprint density at radius 3 is 2.71 bits per heavy atom. The highest BCUT2D eigenvalue weighted by Gasteiger charge is 2.15. The predicted octanol–water partition coefficient (Wildman–Crippen LogP) is 3.67. The first-order valence-corrected chi connectivity index (χ1v) is 8.65. The molecule has 0 aliphatic rings. The van der Waals surface area contributed by atoms with Crippen LogP contribution < -0.4 is 5.32 Å². The fourth-order valence-corrected chi connectivity index (χ4v) is 3.35. The monoisotopic (exact) mass is 341 g/mol. The maximum atomic E-state index is 11.9. The van der Waals surface area contributed by atoms with Crippen LogP contribution in [0.3, 0.4) is 0 Å². The van der Waals surface area contributed by atoms with Gasteiger partial charge in [-0.15, -0.1) is 11.3 Å². The molecule has 3 aromatic rings. The second kappa shape index (κ2) is 7.95. The van der Waals surface area contributed by atoms with Gasteiger partial charge in [0.15, 0.2) is 0 Å². The Morgan fingerprint density at radius 1 is 1.12 bits per heavy atom.